The van der Waals surface area contributed by atoms with Crippen LogP contribution in [0.15, 0.2) is 102 Å². The molecule has 7 nitrogen and oxygen atoms in total. The van der Waals surface area contributed by atoms with Crippen LogP contribution in [0, 0.1) is 6.92 Å². The summed E-state index contributed by atoms with van der Waals surface area (Å²) in [5, 5.41) is 4.05. The molecule has 46 heavy (non-hydrogen) atoms. The van der Waals surface area contributed by atoms with Gasteiger partial charge in [-0.3, -0.25) is 13.9 Å². The Labute approximate surface area is 286 Å². The molecule has 242 valence electrons. The highest BCUT2D eigenvalue weighted by Crippen LogP contribution is 2.29. The molecule has 0 bridgehead atoms. The van der Waals surface area contributed by atoms with Crippen LogP contribution in [0.25, 0.3) is 0 Å². The smallest absolute Gasteiger partial charge is 0.264 e. The number of benzene rings is 4. The van der Waals surface area contributed by atoms with Crippen molar-refractivity contribution in [2.24, 2.45) is 0 Å². The van der Waals surface area contributed by atoms with Gasteiger partial charge in [0.05, 0.1) is 10.6 Å². The maximum absolute atomic E-state index is 14.5. The van der Waals surface area contributed by atoms with Crippen molar-refractivity contribution < 1.29 is 18.0 Å². The first-order valence-electron chi connectivity index (χ1n) is 14.9. The normalized spacial score (nSPS) is 11.9. The summed E-state index contributed by atoms with van der Waals surface area (Å²) in [6, 6.07) is 26.0. The summed E-state index contributed by atoms with van der Waals surface area (Å²) in [4.78, 5) is 29.8. The molecular weight excluding hydrogens is 665 g/mol. The Hall–Kier alpha value is -3.56. The monoisotopic (exact) mass is 699 g/mol. The molecule has 4 aromatic carbocycles. The van der Waals surface area contributed by atoms with Crippen molar-refractivity contribution in [3.63, 3.8) is 0 Å². The number of hydrogen-bond acceptors (Lipinski definition) is 4. The number of unbranched alkanes of at least 4 members (excludes halogenated alkanes) is 1. The van der Waals surface area contributed by atoms with E-state index in [1.165, 1.54) is 23.1 Å². The Morgan fingerprint density at radius 2 is 1.52 bits per heavy atom. The van der Waals surface area contributed by atoms with Crippen LogP contribution in [0.3, 0.4) is 0 Å². The third-order valence-electron chi connectivity index (χ3n) is 7.51. The molecule has 11 heteroatoms. The molecule has 0 aliphatic heterocycles. The number of amides is 2. The standard InChI is InChI=1S/C35H36Cl3N3O4S/c1-3-4-19-39-35(43)33(20-26-11-7-5-8-12-26)40(23-27-16-17-28(36)21-32(27)38)34(42)24-41(29-18-15-25(2)31(37)22-29)46(44,45)30-13-9-6-10-14-30/h5-18,21-22,33H,3-4,19-20,23-24H2,1-2H3,(H,39,43)/t33-/m1/s1. The number of rotatable bonds is 14. The lowest BCUT2D eigenvalue weighted by molar-refractivity contribution is -0.140. The van der Waals surface area contributed by atoms with Crippen molar-refractivity contribution in [1.82, 2.24) is 10.2 Å². The first-order chi connectivity index (χ1) is 22.0. The molecule has 0 spiro atoms. The zero-order chi connectivity index (χ0) is 33.3. The first-order valence-corrected chi connectivity index (χ1v) is 17.5. The number of anilines is 1. The van der Waals surface area contributed by atoms with Gasteiger partial charge in [0, 0.05) is 34.6 Å². The van der Waals surface area contributed by atoms with Crippen LogP contribution in [0.4, 0.5) is 5.69 Å². The van der Waals surface area contributed by atoms with Crippen molar-refractivity contribution >= 4 is 62.3 Å². The first kappa shape index (κ1) is 35.3. The molecule has 0 heterocycles. The topological polar surface area (TPSA) is 86.8 Å². The van der Waals surface area contributed by atoms with E-state index in [0.717, 1.165) is 28.3 Å². The Morgan fingerprint density at radius 1 is 0.848 bits per heavy atom. The lowest BCUT2D eigenvalue weighted by Crippen LogP contribution is -2.53. The molecule has 0 saturated heterocycles. The van der Waals surface area contributed by atoms with Crippen molar-refractivity contribution in [3.05, 3.63) is 129 Å². The van der Waals surface area contributed by atoms with Gasteiger partial charge in [-0.15, -0.1) is 0 Å². The van der Waals surface area contributed by atoms with E-state index in [-0.39, 0.29) is 29.5 Å². The molecular formula is C35H36Cl3N3O4S. The van der Waals surface area contributed by atoms with Gasteiger partial charge in [-0.05, 0) is 66.4 Å². The molecule has 0 unspecified atom stereocenters. The van der Waals surface area contributed by atoms with E-state index in [1.807, 2.05) is 37.3 Å². The molecule has 0 fully saturated rings. The quantitative estimate of drug-likeness (QED) is 0.137. The molecule has 0 aliphatic carbocycles. The maximum atomic E-state index is 14.5. The van der Waals surface area contributed by atoms with Crippen molar-refractivity contribution in [1.29, 1.82) is 0 Å². The van der Waals surface area contributed by atoms with Gasteiger partial charge in [0.25, 0.3) is 10.0 Å². The summed E-state index contributed by atoms with van der Waals surface area (Å²) in [6.07, 6.45) is 1.83. The molecule has 4 aromatic rings. The minimum absolute atomic E-state index is 0.00457. The number of sulfonamides is 1. The van der Waals surface area contributed by atoms with E-state index in [9.17, 15) is 18.0 Å². The van der Waals surface area contributed by atoms with E-state index in [1.54, 1.807) is 55.5 Å². The van der Waals surface area contributed by atoms with Crippen molar-refractivity contribution in [3.8, 4) is 0 Å². The minimum Gasteiger partial charge on any atom is -0.354 e. The zero-order valence-electron chi connectivity index (χ0n) is 25.6. The average Bonchev–Trinajstić information content (AvgIpc) is 3.04. The summed E-state index contributed by atoms with van der Waals surface area (Å²) in [6.45, 7) is 3.58. The number of nitrogens with zero attached hydrogens (tertiary/aromatic N) is 2. The van der Waals surface area contributed by atoms with Crippen LogP contribution in [0.2, 0.25) is 15.1 Å². The fraction of sp³-hybridized carbons (Fsp3) is 0.257. The third-order valence-corrected chi connectivity index (χ3v) is 10.3. The lowest BCUT2D eigenvalue weighted by Gasteiger charge is -2.34. The van der Waals surface area contributed by atoms with Gasteiger partial charge in [-0.2, -0.15) is 0 Å². The van der Waals surface area contributed by atoms with Crippen LogP contribution >= 0.6 is 34.8 Å². The molecule has 1 N–H and O–H groups in total. The predicted octanol–water partition coefficient (Wildman–Crippen LogP) is 7.71. The number of nitrogens with one attached hydrogen (secondary N) is 1. The minimum atomic E-state index is -4.24. The van der Waals surface area contributed by atoms with E-state index in [0.29, 0.717) is 27.2 Å². The Kier molecular flexibility index (Phi) is 12.5. The van der Waals surface area contributed by atoms with Crippen molar-refractivity contribution in [2.75, 3.05) is 17.4 Å². The molecule has 0 aliphatic rings. The van der Waals surface area contributed by atoms with Crippen LogP contribution < -0.4 is 9.62 Å². The van der Waals surface area contributed by atoms with Crippen molar-refractivity contribution in [2.45, 2.75) is 50.6 Å². The molecule has 0 saturated carbocycles. The second-order valence-corrected chi connectivity index (χ2v) is 14.0. The van der Waals surface area contributed by atoms with Gasteiger partial charge in [0.15, 0.2) is 0 Å². The van der Waals surface area contributed by atoms with Crippen LogP contribution in [0.1, 0.15) is 36.5 Å². The largest absolute Gasteiger partial charge is 0.354 e. The Morgan fingerprint density at radius 3 is 2.15 bits per heavy atom. The molecule has 0 radical (unpaired) electrons. The second-order valence-electron chi connectivity index (χ2n) is 10.9. The summed E-state index contributed by atoms with van der Waals surface area (Å²) in [7, 11) is -4.24. The molecule has 1 atom stereocenters. The predicted molar refractivity (Wildman–Crippen MR) is 186 cm³/mol. The summed E-state index contributed by atoms with van der Waals surface area (Å²) in [5.41, 5.74) is 2.34. The van der Waals surface area contributed by atoms with Crippen LogP contribution in [0.5, 0.6) is 0 Å². The van der Waals surface area contributed by atoms with E-state index >= 15 is 0 Å². The molecule has 4 rings (SSSR count). The number of carbonyl (C=O) groups excluding carboxylic acids is 2. The highest BCUT2D eigenvalue weighted by atomic mass is 35.5. The van der Waals surface area contributed by atoms with Gasteiger partial charge in [-0.25, -0.2) is 8.42 Å². The zero-order valence-corrected chi connectivity index (χ0v) is 28.7. The second kappa shape index (κ2) is 16.3. The summed E-state index contributed by atoms with van der Waals surface area (Å²) >= 11 is 19.2. The average molecular weight is 701 g/mol. The van der Waals surface area contributed by atoms with Gasteiger partial charge in [-0.1, -0.05) is 109 Å². The summed E-state index contributed by atoms with van der Waals surface area (Å²) in [5.74, 6) is -0.958. The number of halogens is 3. The summed E-state index contributed by atoms with van der Waals surface area (Å²) < 4.78 is 29.2. The number of aryl methyl sites for hydroxylation is 1. The van der Waals surface area contributed by atoms with Gasteiger partial charge < -0.3 is 10.2 Å². The molecule has 2 amide bonds. The highest BCUT2D eigenvalue weighted by molar-refractivity contribution is 7.92. The Bertz CT molecular complexity index is 1760. The SMILES string of the molecule is CCCCNC(=O)[C@@H](Cc1ccccc1)N(Cc1ccc(Cl)cc1Cl)C(=O)CN(c1ccc(C)c(Cl)c1)S(=O)(=O)c1ccccc1. The molecule has 0 aromatic heterocycles. The van der Waals surface area contributed by atoms with E-state index in [2.05, 4.69) is 5.32 Å². The highest BCUT2D eigenvalue weighted by Gasteiger charge is 2.35. The van der Waals surface area contributed by atoms with Gasteiger partial charge >= 0.3 is 0 Å². The number of carbonyl (C=O) groups is 2. The fourth-order valence-corrected chi connectivity index (χ4v) is 6.95. The van der Waals surface area contributed by atoms with Crippen LogP contribution in [-0.2, 0) is 32.6 Å². The third kappa shape index (κ3) is 9.04. The number of hydrogen-bond donors (Lipinski definition) is 1. The maximum Gasteiger partial charge on any atom is 0.264 e. The van der Waals surface area contributed by atoms with Gasteiger partial charge in [0.1, 0.15) is 12.6 Å². The van der Waals surface area contributed by atoms with Crippen LogP contribution in [-0.4, -0.2) is 44.3 Å². The fourth-order valence-electron chi connectivity index (χ4n) is 4.88. The van der Waals surface area contributed by atoms with E-state index < -0.39 is 28.5 Å². The lowest BCUT2D eigenvalue weighted by atomic mass is 10.0. The van der Waals surface area contributed by atoms with E-state index in [4.69, 9.17) is 34.8 Å². The Balaban J connectivity index is 1.82. The van der Waals surface area contributed by atoms with Gasteiger partial charge in [0.2, 0.25) is 11.8 Å².